The summed E-state index contributed by atoms with van der Waals surface area (Å²) < 4.78 is 26.5. The summed E-state index contributed by atoms with van der Waals surface area (Å²) in [5, 5.41) is 3.32. The molecule has 0 saturated carbocycles. The molecule has 18 heavy (non-hydrogen) atoms. The molecule has 0 aliphatic rings. The van der Waals surface area contributed by atoms with Crippen molar-refractivity contribution >= 4 is 23.0 Å². The molecule has 0 spiro atoms. The molecule has 5 heteroatoms. The van der Waals surface area contributed by atoms with Gasteiger partial charge in [0.1, 0.15) is 11.6 Å². The first-order chi connectivity index (χ1) is 8.56. The van der Waals surface area contributed by atoms with Gasteiger partial charge >= 0.3 is 0 Å². The van der Waals surface area contributed by atoms with E-state index in [0.717, 1.165) is 0 Å². The molecule has 94 valence electrons. The second-order valence-corrected chi connectivity index (χ2v) is 4.26. The van der Waals surface area contributed by atoms with Gasteiger partial charge in [-0.05, 0) is 36.4 Å². The third-order valence-corrected chi connectivity index (χ3v) is 2.73. The van der Waals surface area contributed by atoms with Gasteiger partial charge in [-0.25, -0.2) is 8.78 Å². The third-order valence-electron chi connectivity index (χ3n) is 2.49. The molecule has 0 fully saturated rings. The van der Waals surface area contributed by atoms with Crippen LogP contribution in [0.5, 0.6) is 0 Å². The van der Waals surface area contributed by atoms with Crippen LogP contribution in [-0.2, 0) is 6.54 Å². The molecule has 0 saturated heterocycles. The maximum absolute atomic E-state index is 13.4. The minimum absolute atomic E-state index is 0.181. The van der Waals surface area contributed by atoms with E-state index in [1.807, 2.05) is 0 Å². The molecule has 0 heterocycles. The maximum Gasteiger partial charge on any atom is 0.128 e. The van der Waals surface area contributed by atoms with Crippen molar-refractivity contribution in [3.63, 3.8) is 0 Å². The van der Waals surface area contributed by atoms with E-state index in [1.54, 1.807) is 0 Å². The van der Waals surface area contributed by atoms with Crippen LogP contribution in [0.2, 0.25) is 5.02 Å². The SMILES string of the molecule is Nc1ccc(F)cc1NCc1cc(Cl)ccc1F. The van der Waals surface area contributed by atoms with E-state index in [1.165, 1.54) is 36.4 Å². The average Bonchev–Trinajstić information content (AvgIpc) is 2.34. The largest absolute Gasteiger partial charge is 0.397 e. The molecule has 0 aliphatic carbocycles. The van der Waals surface area contributed by atoms with Gasteiger partial charge in [0.25, 0.3) is 0 Å². The first-order valence-electron chi connectivity index (χ1n) is 5.29. The van der Waals surface area contributed by atoms with E-state index >= 15 is 0 Å². The van der Waals surface area contributed by atoms with E-state index < -0.39 is 5.82 Å². The van der Waals surface area contributed by atoms with Gasteiger partial charge < -0.3 is 11.1 Å². The van der Waals surface area contributed by atoms with Crippen LogP contribution in [-0.4, -0.2) is 0 Å². The lowest BCUT2D eigenvalue weighted by Gasteiger charge is -2.10. The van der Waals surface area contributed by atoms with Crippen molar-refractivity contribution in [2.24, 2.45) is 0 Å². The lowest BCUT2D eigenvalue weighted by atomic mass is 10.2. The van der Waals surface area contributed by atoms with E-state index in [2.05, 4.69) is 5.32 Å². The van der Waals surface area contributed by atoms with Crippen LogP contribution in [0.3, 0.4) is 0 Å². The molecule has 2 nitrogen and oxygen atoms in total. The van der Waals surface area contributed by atoms with Crippen molar-refractivity contribution in [2.45, 2.75) is 6.54 Å². The lowest BCUT2D eigenvalue weighted by molar-refractivity contribution is 0.613. The zero-order chi connectivity index (χ0) is 13.1. The number of nitrogen functional groups attached to an aromatic ring is 1. The summed E-state index contributed by atoms with van der Waals surface area (Å²) in [6.07, 6.45) is 0. The molecule has 0 bridgehead atoms. The van der Waals surface area contributed by atoms with Crippen LogP contribution >= 0.6 is 11.6 Å². The monoisotopic (exact) mass is 268 g/mol. The Kier molecular flexibility index (Phi) is 3.67. The fourth-order valence-electron chi connectivity index (χ4n) is 1.55. The number of hydrogen-bond donors (Lipinski definition) is 2. The normalized spacial score (nSPS) is 10.4. The van der Waals surface area contributed by atoms with Crippen molar-refractivity contribution in [2.75, 3.05) is 11.1 Å². The average molecular weight is 269 g/mol. The summed E-state index contributed by atoms with van der Waals surface area (Å²) in [5.41, 5.74) is 6.89. The van der Waals surface area contributed by atoms with Crippen LogP contribution in [0.25, 0.3) is 0 Å². The van der Waals surface area contributed by atoms with Crippen LogP contribution in [0.1, 0.15) is 5.56 Å². The summed E-state index contributed by atoms with van der Waals surface area (Å²) >= 11 is 5.78. The maximum atomic E-state index is 13.4. The van der Waals surface area contributed by atoms with Crippen LogP contribution < -0.4 is 11.1 Å². The summed E-state index contributed by atoms with van der Waals surface area (Å²) in [5.74, 6) is -0.778. The highest BCUT2D eigenvalue weighted by molar-refractivity contribution is 6.30. The van der Waals surface area contributed by atoms with Gasteiger partial charge in [0.05, 0.1) is 11.4 Å². The number of hydrogen-bond acceptors (Lipinski definition) is 2. The Morgan fingerprint density at radius 2 is 1.89 bits per heavy atom. The highest BCUT2D eigenvalue weighted by Crippen LogP contribution is 2.21. The number of rotatable bonds is 3. The molecule has 0 amide bonds. The van der Waals surface area contributed by atoms with Crippen LogP contribution in [0.4, 0.5) is 20.2 Å². The molecule has 0 aromatic heterocycles. The van der Waals surface area contributed by atoms with Gasteiger partial charge in [0.2, 0.25) is 0 Å². The van der Waals surface area contributed by atoms with Crippen LogP contribution in [0, 0.1) is 11.6 Å². The first kappa shape index (κ1) is 12.6. The molecule has 0 radical (unpaired) electrons. The number of nitrogens with one attached hydrogen (secondary N) is 1. The van der Waals surface area contributed by atoms with Crippen molar-refractivity contribution in [1.29, 1.82) is 0 Å². The van der Waals surface area contributed by atoms with Gasteiger partial charge in [-0.3, -0.25) is 0 Å². The van der Waals surface area contributed by atoms with E-state index in [0.29, 0.717) is 22.0 Å². The number of halogens is 3. The fourth-order valence-corrected chi connectivity index (χ4v) is 1.75. The highest BCUT2D eigenvalue weighted by atomic mass is 35.5. The first-order valence-corrected chi connectivity index (χ1v) is 5.67. The predicted octanol–water partition coefficient (Wildman–Crippen LogP) is 3.81. The van der Waals surface area contributed by atoms with Gasteiger partial charge in [-0.2, -0.15) is 0 Å². The zero-order valence-electron chi connectivity index (χ0n) is 9.38. The Morgan fingerprint density at radius 3 is 2.67 bits per heavy atom. The van der Waals surface area contributed by atoms with Crippen molar-refractivity contribution in [1.82, 2.24) is 0 Å². The number of benzene rings is 2. The van der Waals surface area contributed by atoms with Crippen molar-refractivity contribution in [3.05, 3.63) is 58.6 Å². The fraction of sp³-hybridized carbons (Fsp3) is 0.0769. The minimum Gasteiger partial charge on any atom is -0.397 e. The van der Waals surface area contributed by atoms with Crippen molar-refractivity contribution in [3.8, 4) is 0 Å². The van der Waals surface area contributed by atoms with E-state index in [4.69, 9.17) is 17.3 Å². The Bertz CT molecular complexity index is 521. The van der Waals surface area contributed by atoms with Gasteiger partial charge in [0, 0.05) is 17.1 Å². The topological polar surface area (TPSA) is 38.0 Å². The van der Waals surface area contributed by atoms with Gasteiger partial charge in [-0.1, -0.05) is 11.6 Å². The molecule has 2 aromatic carbocycles. The summed E-state index contributed by atoms with van der Waals surface area (Å²) in [7, 11) is 0. The third kappa shape index (κ3) is 2.90. The number of nitrogens with two attached hydrogens (primary N) is 1. The standard InChI is InChI=1S/C13H11ClF2N2/c14-9-1-3-11(16)8(5-9)7-18-13-6-10(15)2-4-12(13)17/h1-6,18H,7,17H2. The smallest absolute Gasteiger partial charge is 0.128 e. The highest BCUT2D eigenvalue weighted by Gasteiger charge is 2.05. The zero-order valence-corrected chi connectivity index (χ0v) is 10.1. The van der Waals surface area contributed by atoms with E-state index in [-0.39, 0.29) is 12.4 Å². The Hall–Kier alpha value is -1.81. The molecule has 0 aliphatic heterocycles. The minimum atomic E-state index is -0.404. The van der Waals surface area contributed by atoms with Gasteiger partial charge in [-0.15, -0.1) is 0 Å². The Morgan fingerprint density at radius 1 is 1.11 bits per heavy atom. The molecular formula is C13H11ClF2N2. The Balaban J connectivity index is 2.16. The molecule has 0 atom stereocenters. The molecule has 3 N–H and O–H groups in total. The second kappa shape index (κ2) is 5.23. The Labute approximate surface area is 108 Å². The lowest BCUT2D eigenvalue weighted by Crippen LogP contribution is -2.04. The molecule has 2 rings (SSSR count). The molecular weight excluding hydrogens is 258 g/mol. The second-order valence-electron chi connectivity index (χ2n) is 3.82. The quantitative estimate of drug-likeness (QED) is 0.831. The molecule has 0 unspecified atom stereocenters. The molecule has 2 aromatic rings. The van der Waals surface area contributed by atoms with Crippen molar-refractivity contribution < 1.29 is 8.78 Å². The summed E-state index contributed by atoms with van der Waals surface area (Å²) in [4.78, 5) is 0. The van der Waals surface area contributed by atoms with E-state index in [9.17, 15) is 8.78 Å². The number of anilines is 2. The van der Waals surface area contributed by atoms with Gasteiger partial charge in [0.15, 0.2) is 0 Å². The van der Waals surface area contributed by atoms with Crippen LogP contribution in [0.15, 0.2) is 36.4 Å². The predicted molar refractivity (Wildman–Crippen MR) is 69.5 cm³/mol. The summed E-state index contributed by atoms with van der Waals surface area (Å²) in [6.45, 7) is 0.181. The summed E-state index contributed by atoms with van der Waals surface area (Å²) in [6, 6.07) is 8.24.